The van der Waals surface area contributed by atoms with Gasteiger partial charge < -0.3 is 10.1 Å². The van der Waals surface area contributed by atoms with Crippen molar-refractivity contribution in [1.82, 2.24) is 5.32 Å². The molecule has 0 spiro atoms. The SMILES string of the molecule is CCOc1ccc(Br)cc1C(NC)c1ccc(CC)s1. The van der Waals surface area contributed by atoms with Gasteiger partial charge in [-0.2, -0.15) is 0 Å². The van der Waals surface area contributed by atoms with Gasteiger partial charge in [-0.25, -0.2) is 0 Å². The van der Waals surface area contributed by atoms with Gasteiger partial charge in [0.25, 0.3) is 0 Å². The van der Waals surface area contributed by atoms with Crippen LogP contribution in [0.2, 0.25) is 0 Å². The Kier molecular flexibility index (Phi) is 5.64. The lowest BCUT2D eigenvalue weighted by Gasteiger charge is -2.19. The molecule has 1 heterocycles. The maximum Gasteiger partial charge on any atom is 0.124 e. The van der Waals surface area contributed by atoms with E-state index in [1.165, 1.54) is 15.3 Å². The van der Waals surface area contributed by atoms with Crippen LogP contribution in [0.25, 0.3) is 0 Å². The van der Waals surface area contributed by atoms with Crippen molar-refractivity contribution < 1.29 is 4.74 Å². The van der Waals surface area contributed by atoms with E-state index in [1.54, 1.807) is 0 Å². The molecule has 0 aliphatic carbocycles. The lowest BCUT2D eigenvalue weighted by atomic mass is 10.0. The van der Waals surface area contributed by atoms with E-state index in [4.69, 9.17) is 4.74 Å². The maximum absolute atomic E-state index is 5.77. The first-order valence-corrected chi connectivity index (χ1v) is 8.48. The van der Waals surface area contributed by atoms with Gasteiger partial charge in [0.1, 0.15) is 5.75 Å². The maximum atomic E-state index is 5.77. The van der Waals surface area contributed by atoms with Crippen LogP contribution in [-0.4, -0.2) is 13.7 Å². The predicted octanol–water partition coefficient (Wildman–Crippen LogP) is 4.78. The normalized spacial score (nSPS) is 12.4. The van der Waals surface area contributed by atoms with Crippen LogP contribution in [-0.2, 0) is 6.42 Å². The van der Waals surface area contributed by atoms with Gasteiger partial charge in [-0.3, -0.25) is 0 Å². The second-order valence-electron chi connectivity index (χ2n) is 4.49. The van der Waals surface area contributed by atoms with E-state index in [2.05, 4.69) is 46.4 Å². The Morgan fingerprint density at radius 3 is 2.65 bits per heavy atom. The smallest absolute Gasteiger partial charge is 0.124 e. The van der Waals surface area contributed by atoms with Gasteiger partial charge in [-0.05, 0) is 50.7 Å². The molecule has 0 aliphatic rings. The van der Waals surface area contributed by atoms with Gasteiger partial charge in [0.15, 0.2) is 0 Å². The lowest BCUT2D eigenvalue weighted by molar-refractivity contribution is 0.334. The summed E-state index contributed by atoms with van der Waals surface area (Å²) in [6, 6.07) is 10.8. The first-order chi connectivity index (χ1) is 9.69. The fourth-order valence-electron chi connectivity index (χ4n) is 2.22. The summed E-state index contributed by atoms with van der Waals surface area (Å²) >= 11 is 5.42. The number of aryl methyl sites for hydroxylation is 1. The molecule has 0 bridgehead atoms. The molecule has 0 radical (unpaired) electrons. The molecule has 108 valence electrons. The molecule has 2 nitrogen and oxygen atoms in total. The van der Waals surface area contributed by atoms with Crippen molar-refractivity contribution in [1.29, 1.82) is 0 Å². The Bertz CT molecular complexity index is 567. The molecule has 2 rings (SSSR count). The molecule has 4 heteroatoms. The molecule has 1 N–H and O–H groups in total. The fourth-order valence-corrected chi connectivity index (χ4v) is 3.68. The highest BCUT2D eigenvalue weighted by atomic mass is 79.9. The van der Waals surface area contributed by atoms with Gasteiger partial charge in [-0.15, -0.1) is 11.3 Å². The zero-order valence-corrected chi connectivity index (χ0v) is 14.5. The molecule has 0 saturated heterocycles. The molecule has 1 aromatic heterocycles. The van der Waals surface area contributed by atoms with Crippen LogP contribution in [0.3, 0.4) is 0 Å². The van der Waals surface area contributed by atoms with E-state index in [0.717, 1.165) is 16.6 Å². The van der Waals surface area contributed by atoms with Crippen molar-refractivity contribution in [2.24, 2.45) is 0 Å². The first-order valence-electron chi connectivity index (χ1n) is 6.87. The molecule has 0 saturated carbocycles. The van der Waals surface area contributed by atoms with E-state index in [0.29, 0.717) is 6.61 Å². The number of rotatable bonds is 6. The van der Waals surface area contributed by atoms with Crippen LogP contribution in [0.5, 0.6) is 5.75 Å². The second kappa shape index (κ2) is 7.25. The fraction of sp³-hybridized carbons (Fsp3) is 0.375. The highest BCUT2D eigenvalue weighted by molar-refractivity contribution is 9.10. The zero-order valence-electron chi connectivity index (χ0n) is 12.1. The van der Waals surface area contributed by atoms with Crippen molar-refractivity contribution in [3.8, 4) is 5.75 Å². The summed E-state index contributed by atoms with van der Waals surface area (Å²) in [5.74, 6) is 0.946. The monoisotopic (exact) mass is 353 g/mol. The molecule has 1 aromatic carbocycles. The van der Waals surface area contributed by atoms with E-state index < -0.39 is 0 Å². The van der Waals surface area contributed by atoms with E-state index in [9.17, 15) is 0 Å². The lowest BCUT2D eigenvalue weighted by Crippen LogP contribution is -2.17. The van der Waals surface area contributed by atoms with E-state index in [1.807, 2.05) is 37.4 Å². The summed E-state index contributed by atoms with van der Waals surface area (Å²) in [4.78, 5) is 2.73. The summed E-state index contributed by atoms with van der Waals surface area (Å²) in [5.41, 5.74) is 1.17. The van der Waals surface area contributed by atoms with Crippen molar-refractivity contribution in [2.45, 2.75) is 26.3 Å². The summed E-state index contributed by atoms with van der Waals surface area (Å²) in [7, 11) is 1.99. The third-order valence-corrected chi connectivity index (χ3v) is 4.97. The van der Waals surface area contributed by atoms with Crippen molar-refractivity contribution in [2.75, 3.05) is 13.7 Å². The number of nitrogens with one attached hydrogen (secondary N) is 1. The Labute approximate surface area is 133 Å². The standard InChI is InChI=1S/C16H20BrNOS/c1-4-12-7-9-15(20-12)16(18-3)13-10-11(17)6-8-14(13)19-5-2/h6-10,16,18H,4-5H2,1-3H3. The van der Waals surface area contributed by atoms with Crippen LogP contribution in [0, 0.1) is 0 Å². The molecule has 0 aliphatic heterocycles. The first kappa shape index (κ1) is 15.5. The highest BCUT2D eigenvalue weighted by Gasteiger charge is 2.19. The Morgan fingerprint density at radius 2 is 2.05 bits per heavy atom. The van der Waals surface area contributed by atoms with E-state index >= 15 is 0 Å². The number of hydrogen-bond donors (Lipinski definition) is 1. The topological polar surface area (TPSA) is 21.3 Å². The average Bonchev–Trinajstić information content (AvgIpc) is 2.91. The Balaban J connectivity index is 2.42. The van der Waals surface area contributed by atoms with E-state index in [-0.39, 0.29) is 6.04 Å². The Morgan fingerprint density at radius 1 is 1.25 bits per heavy atom. The molecule has 1 atom stereocenters. The van der Waals surface area contributed by atoms with Crippen molar-refractivity contribution in [3.63, 3.8) is 0 Å². The van der Waals surface area contributed by atoms with Gasteiger partial charge in [0.05, 0.1) is 12.6 Å². The highest BCUT2D eigenvalue weighted by Crippen LogP contribution is 2.35. The molecule has 20 heavy (non-hydrogen) atoms. The van der Waals surface area contributed by atoms with Gasteiger partial charge in [0.2, 0.25) is 0 Å². The number of halogens is 1. The molecule has 1 unspecified atom stereocenters. The minimum absolute atomic E-state index is 0.166. The summed E-state index contributed by atoms with van der Waals surface area (Å²) in [6.07, 6.45) is 1.08. The molecule has 0 amide bonds. The molecular formula is C16H20BrNOS. The van der Waals surface area contributed by atoms with Crippen LogP contribution in [0.1, 0.15) is 35.2 Å². The predicted molar refractivity (Wildman–Crippen MR) is 89.9 cm³/mol. The molecule has 0 fully saturated rings. The van der Waals surface area contributed by atoms with Crippen LogP contribution >= 0.6 is 27.3 Å². The molecule has 2 aromatic rings. The van der Waals surface area contributed by atoms with Gasteiger partial charge in [-0.1, -0.05) is 22.9 Å². The van der Waals surface area contributed by atoms with Crippen LogP contribution in [0.4, 0.5) is 0 Å². The summed E-state index contributed by atoms with van der Waals surface area (Å²) in [6.45, 7) is 4.88. The Hall–Kier alpha value is -0.840. The largest absolute Gasteiger partial charge is 0.494 e. The van der Waals surface area contributed by atoms with Gasteiger partial charge >= 0.3 is 0 Å². The van der Waals surface area contributed by atoms with Crippen molar-refractivity contribution in [3.05, 3.63) is 50.1 Å². The summed E-state index contributed by atoms with van der Waals surface area (Å²) < 4.78 is 6.85. The number of ether oxygens (including phenoxy) is 1. The zero-order chi connectivity index (χ0) is 14.5. The summed E-state index contributed by atoms with van der Waals surface area (Å²) in [5, 5.41) is 3.41. The van der Waals surface area contributed by atoms with Crippen molar-refractivity contribution >= 4 is 27.3 Å². The third-order valence-electron chi connectivity index (χ3n) is 3.19. The number of thiophene rings is 1. The van der Waals surface area contributed by atoms with Gasteiger partial charge in [0, 0.05) is 19.8 Å². The molecular weight excluding hydrogens is 334 g/mol. The quantitative estimate of drug-likeness (QED) is 0.806. The third kappa shape index (κ3) is 3.43. The minimum Gasteiger partial charge on any atom is -0.494 e. The number of benzene rings is 1. The van der Waals surface area contributed by atoms with Crippen LogP contribution < -0.4 is 10.1 Å². The van der Waals surface area contributed by atoms with Crippen LogP contribution in [0.15, 0.2) is 34.8 Å². The average molecular weight is 354 g/mol. The second-order valence-corrected chi connectivity index (χ2v) is 6.61. The minimum atomic E-state index is 0.166. The number of hydrogen-bond acceptors (Lipinski definition) is 3.